The molecule has 0 atom stereocenters. The number of hydrogen-bond donors (Lipinski definition) is 0. The Bertz CT molecular complexity index is 226. The molecule has 0 saturated carbocycles. The number of aryl methyl sites for hydroxylation is 1. The van der Waals surface area contributed by atoms with Crippen LogP contribution in [0.4, 0.5) is 0 Å². The lowest BCUT2D eigenvalue weighted by molar-refractivity contribution is 1.08. The topological polar surface area (TPSA) is 25.8 Å². The Morgan fingerprint density at radius 3 is 2.78 bits per heavy atom. The van der Waals surface area contributed by atoms with Crippen molar-refractivity contribution >= 4 is 34.2 Å². The lowest BCUT2D eigenvalue weighted by Gasteiger charge is -1.93. The average molecular weight is 254 g/mol. The van der Waals surface area contributed by atoms with Gasteiger partial charge in [-0.15, -0.1) is 0 Å². The third-order valence-corrected chi connectivity index (χ3v) is 1.75. The minimum atomic E-state index is 0.482. The maximum Gasteiger partial charge on any atom is 0.150 e. The van der Waals surface area contributed by atoms with E-state index in [1.54, 1.807) is 6.20 Å². The van der Waals surface area contributed by atoms with E-state index in [-0.39, 0.29) is 0 Å². The summed E-state index contributed by atoms with van der Waals surface area (Å²) in [6, 6.07) is 0. The number of rotatable bonds is 0. The molecule has 0 unspecified atom stereocenters. The molecule has 1 rings (SSSR count). The van der Waals surface area contributed by atoms with Crippen LogP contribution < -0.4 is 0 Å². The van der Waals surface area contributed by atoms with Crippen LogP contribution >= 0.6 is 34.2 Å². The van der Waals surface area contributed by atoms with Crippen LogP contribution in [0.25, 0.3) is 0 Å². The zero-order chi connectivity index (χ0) is 6.85. The van der Waals surface area contributed by atoms with Crippen LogP contribution in [0.1, 0.15) is 5.69 Å². The van der Waals surface area contributed by atoms with Gasteiger partial charge in [0.15, 0.2) is 0 Å². The molecule has 1 aromatic heterocycles. The molecule has 4 heteroatoms. The summed E-state index contributed by atoms with van der Waals surface area (Å²) in [7, 11) is 0. The van der Waals surface area contributed by atoms with Gasteiger partial charge in [-0.25, -0.2) is 9.97 Å². The average Bonchev–Trinajstić information content (AvgIpc) is 1.80. The zero-order valence-corrected chi connectivity index (χ0v) is 7.64. The Labute approximate surface area is 71.8 Å². The van der Waals surface area contributed by atoms with E-state index in [0.29, 0.717) is 5.15 Å². The molecule has 0 saturated heterocycles. The van der Waals surface area contributed by atoms with E-state index in [2.05, 4.69) is 32.6 Å². The summed E-state index contributed by atoms with van der Waals surface area (Å²) in [5.74, 6) is 0. The first kappa shape index (κ1) is 7.21. The fourth-order valence-corrected chi connectivity index (χ4v) is 1.03. The highest BCUT2D eigenvalue weighted by atomic mass is 127. The fraction of sp³-hybridized carbons (Fsp3) is 0.200. The first-order valence-corrected chi connectivity index (χ1v) is 3.80. The Kier molecular flexibility index (Phi) is 2.23. The molecule has 0 aliphatic carbocycles. The summed E-state index contributed by atoms with van der Waals surface area (Å²) < 4.78 is 0.870. The molecule has 0 aromatic carbocycles. The largest absolute Gasteiger partial charge is 0.242 e. The maximum absolute atomic E-state index is 5.60. The van der Waals surface area contributed by atoms with E-state index in [1.807, 2.05) is 6.92 Å². The second kappa shape index (κ2) is 2.79. The van der Waals surface area contributed by atoms with Crippen LogP contribution in [0.2, 0.25) is 5.15 Å². The van der Waals surface area contributed by atoms with Crippen LogP contribution in [0, 0.1) is 10.6 Å². The number of aromatic nitrogens is 2. The van der Waals surface area contributed by atoms with Gasteiger partial charge in [0.1, 0.15) is 8.85 Å². The van der Waals surface area contributed by atoms with E-state index in [1.165, 1.54) is 0 Å². The predicted octanol–water partition coefficient (Wildman–Crippen LogP) is 2.04. The SMILES string of the molecule is Cc1nc(I)cnc1Cl. The van der Waals surface area contributed by atoms with Crippen LogP contribution in [0.3, 0.4) is 0 Å². The summed E-state index contributed by atoms with van der Waals surface area (Å²) in [6.07, 6.45) is 1.63. The monoisotopic (exact) mass is 254 g/mol. The molecule has 1 heterocycles. The second-order valence-corrected chi connectivity index (χ2v) is 3.03. The normalized spacial score (nSPS) is 9.67. The van der Waals surface area contributed by atoms with Gasteiger partial charge in [-0.2, -0.15) is 0 Å². The molecule has 0 amide bonds. The van der Waals surface area contributed by atoms with Gasteiger partial charge in [-0.1, -0.05) is 11.6 Å². The van der Waals surface area contributed by atoms with Crippen LogP contribution in [0.5, 0.6) is 0 Å². The highest BCUT2D eigenvalue weighted by Crippen LogP contribution is 2.09. The molecule has 0 N–H and O–H groups in total. The summed E-state index contributed by atoms with van der Waals surface area (Å²) in [6.45, 7) is 1.83. The summed E-state index contributed by atoms with van der Waals surface area (Å²) >= 11 is 7.69. The van der Waals surface area contributed by atoms with E-state index >= 15 is 0 Å². The molecule has 9 heavy (non-hydrogen) atoms. The van der Waals surface area contributed by atoms with Crippen molar-refractivity contribution in [1.29, 1.82) is 0 Å². The van der Waals surface area contributed by atoms with Gasteiger partial charge >= 0.3 is 0 Å². The van der Waals surface area contributed by atoms with Crippen molar-refractivity contribution in [2.45, 2.75) is 6.92 Å². The van der Waals surface area contributed by atoms with E-state index in [0.717, 1.165) is 9.39 Å². The third kappa shape index (κ3) is 1.76. The molecule has 0 bridgehead atoms. The van der Waals surface area contributed by atoms with Crippen molar-refractivity contribution in [2.24, 2.45) is 0 Å². The number of nitrogens with zero attached hydrogens (tertiary/aromatic N) is 2. The molecular weight excluding hydrogens is 250 g/mol. The Morgan fingerprint density at radius 2 is 2.33 bits per heavy atom. The molecule has 2 nitrogen and oxygen atoms in total. The zero-order valence-electron chi connectivity index (χ0n) is 4.73. The maximum atomic E-state index is 5.60. The third-order valence-electron chi connectivity index (χ3n) is 0.857. The van der Waals surface area contributed by atoms with Gasteiger partial charge in [0.25, 0.3) is 0 Å². The molecule has 0 aliphatic rings. The first-order chi connectivity index (χ1) is 4.20. The summed E-state index contributed by atoms with van der Waals surface area (Å²) in [5.41, 5.74) is 0.781. The molecular formula is C5H4ClIN2. The highest BCUT2D eigenvalue weighted by Gasteiger charge is 1.95. The van der Waals surface area contributed by atoms with E-state index < -0.39 is 0 Å². The van der Waals surface area contributed by atoms with Crippen molar-refractivity contribution < 1.29 is 0 Å². The molecule has 0 spiro atoms. The standard InChI is InChI=1S/C5H4ClIN2/c1-3-5(6)8-2-4(7)9-3/h2H,1H3. The minimum absolute atomic E-state index is 0.482. The van der Waals surface area contributed by atoms with Gasteiger partial charge in [0, 0.05) is 0 Å². The first-order valence-electron chi connectivity index (χ1n) is 2.35. The van der Waals surface area contributed by atoms with Gasteiger partial charge in [-0.05, 0) is 29.5 Å². The molecule has 0 radical (unpaired) electrons. The van der Waals surface area contributed by atoms with Crippen LogP contribution in [-0.4, -0.2) is 9.97 Å². The van der Waals surface area contributed by atoms with Crippen molar-refractivity contribution in [3.8, 4) is 0 Å². The van der Waals surface area contributed by atoms with Gasteiger partial charge in [-0.3, -0.25) is 0 Å². The minimum Gasteiger partial charge on any atom is -0.242 e. The van der Waals surface area contributed by atoms with Crippen LogP contribution in [-0.2, 0) is 0 Å². The van der Waals surface area contributed by atoms with E-state index in [4.69, 9.17) is 11.6 Å². The Hall–Kier alpha value is 0.1000. The fourth-order valence-electron chi connectivity index (χ4n) is 0.439. The predicted molar refractivity (Wildman–Crippen MR) is 44.5 cm³/mol. The lowest BCUT2D eigenvalue weighted by atomic mass is 10.5. The summed E-state index contributed by atoms with van der Waals surface area (Å²) in [4.78, 5) is 7.94. The quantitative estimate of drug-likeness (QED) is 0.662. The highest BCUT2D eigenvalue weighted by molar-refractivity contribution is 14.1. The molecule has 48 valence electrons. The smallest absolute Gasteiger partial charge is 0.150 e. The molecule has 0 fully saturated rings. The van der Waals surface area contributed by atoms with Crippen molar-refractivity contribution in [1.82, 2.24) is 9.97 Å². The Morgan fingerprint density at radius 1 is 1.67 bits per heavy atom. The van der Waals surface area contributed by atoms with Crippen molar-refractivity contribution in [2.75, 3.05) is 0 Å². The van der Waals surface area contributed by atoms with E-state index in [9.17, 15) is 0 Å². The van der Waals surface area contributed by atoms with Gasteiger partial charge in [0.2, 0.25) is 0 Å². The van der Waals surface area contributed by atoms with Crippen molar-refractivity contribution in [3.05, 3.63) is 20.7 Å². The van der Waals surface area contributed by atoms with Gasteiger partial charge < -0.3 is 0 Å². The van der Waals surface area contributed by atoms with Crippen molar-refractivity contribution in [3.63, 3.8) is 0 Å². The summed E-state index contributed by atoms with van der Waals surface area (Å²) in [5, 5.41) is 0.482. The van der Waals surface area contributed by atoms with Crippen LogP contribution in [0.15, 0.2) is 6.20 Å². The lowest BCUT2D eigenvalue weighted by Crippen LogP contribution is -1.88. The second-order valence-electron chi connectivity index (χ2n) is 1.57. The molecule has 0 aliphatic heterocycles. The number of hydrogen-bond acceptors (Lipinski definition) is 2. The molecule has 1 aromatic rings. The number of halogens is 2. The Balaban J connectivity index is 3.17. The van der Waals surface area contributed by atoms with Gasteiger partial charge in [0.05, 0.1) is 11.9 Å².